The minimum atomic E-state index is -0.106. The Labute approximate surface area is 159 Å². The van der Waals surface area contributed by atoms with Gasteiger partial charge in [-0.2, -0.15) is 0 Å². The second-order valence-corrected chi connectivity index (χ2v) is 7.15. The number of carbonyl (C=O) groups is 2. The first-order chi connectivity index (χ1) is 13.2. The highest BCUT2D eigenvalue weighted by atomic mass is 16.1. The van der Waals surface area contributed by atoms with Crippen LogP contribution < -0.4 is 5.32 Å². The number of fused-ring (bicyclic) bond motifs is 1. The number of benzene rings is 2. The van der Waals surface area contributed by atoms with Crippen molar-refractivity contribution in [2.24, 2.45) is 0 Å². The number of ketones is 2. The van der Waals surface area contributed by atoms with E-state index in [0.29, 0.717) is 22.5 Å². The zero-order valence-electron chi connectivity index (χ0n) is 15.6. The first-order valence-corrected chi connectivity index (χ1v) is 9.72. The molecule has 0 saturated carbocycles. The van der Waals surface area contributed by atoms with Crippen LogP contribution in [0.15, 0.2) is 59.9 Å². The molecule has 2 aliphatic rings. The standard InChI is InChI=1S/C23H24N2O2/c1-2-16-10-12-17(13-11-16)24-20-21(25-14-6-3-7-15-25)23(27)19-9-5-4-8-18(19)22(20)26/h4-5,8-13,24H,2-3,6-7,14-15H2,1H3. The Morgan fingerprint density at radius 2 is 1.48 bits per heavy atom. The summed E-state index contributed by atoms with van der Waals surface area (Å²) in [4.78, 5) is 28.6. The molecular weight excluding hydrogens is 336 g/mol. The Bertz CT molecular complexity index is 906. The van der Waals surface area contributed by atoms with Crippen LogP contribution in [0.2, 0.25) is 0 Å². The fourth-order valence-electron chi connectivity index (χ4n) is 3.87. The van der Waals surface area contributed by atoms with Gasteiger partial charge in [-0.05, 0) is 43.4 Å². The Hall–Kier alpha value is -2.88. The van der Waals surface area contributed by atoms with Crippen molar-refractivity contribution in [3.63, 3.8) is 0 Å². The van der Waals surface area contributed by atoms with Gasteiger partial charge in [0.1, 0.15) is 11.4 Å². The summed E-state index contributed by atoms with van der Waals surface area (Å²) in [6, 6.07) is 15.2. The lowest BCUT2D eigenvalue weighted by molar-refractivity contribution is 0.0935. The summed E-state index contributed by atoms with van der Waals surface area (Å²) in [6.07, 6.45) is 4.23. The van der Waals surface area contributed by atoms with Crippen LogP contribution in [0.3, 0.4) is 0 Å². The number of likely N-dealkylation sites (tertiary alicyclic amines) is 1. The Balaban J connectivity index is 1.78. The molecule has 0 bridgehead atoms. The second-order valence-electron chi connectivity index (χ2n) is 7.15. The molecule has 2 aromatic rings. The highest BCUT2D eigenvalue weighted by Gasteiger charge is 2.35. The van der Waals surface area contributed by atoms with Crippen molar-refractivity contribution in [3.05, 3.63) is 76.6 Å². The Kier molecular flexibility index (Phi) is 4.80. The fourth-order valence-corrected chi connectivity index (χ4v) is 3.87. The van der Waals surface area contributed by atoms with E-state index in [2.05, 4.69) is 17.1 Å². The normalized spacial score (nSPS) is 17.1. The monoisotopic (exact) mass is 360 g/mol. The van der Waals surface area contributed by atoms with Crippen molar-refractivity contribution >= 4 is 17.3 Å². The van der Waals surface area contributed by atoms with Gasteiger partial charge in [0.15, 0.2) is 0 Å². The molecule has 0 atom stereocenters. The van der Waals surface area contributed by atoms with Gasteiger partial charge in [0.25, 0.3) is 0 Å². The third kappa shape index (κ3) is 3.27. The smallest absolute Gasteiger partial charge is 0.212 e. The quantitative estimate of drug-likeness (QED) is 0.876. The number of nitrogens with zero attached hydrogens (tertiary/aromatic N) is 1. The summed E-state index contributed by atoms with van der Waals surface area (Å²) in [5.41, 5.74) is 3.99. The third-order valence-electron chi connectivity index (χ3n) is 5.40. The predicted octanol–water partition coefficient (Wildman–Crippen LogP) is 4.44. The van der Waals surface area contributed by atoms with Crippen molar-refractivity contribution in [1.82, 2.24) is 4.90 Å². The number of carbonyl (C=O) groups excluding carboxylic acids is 2. The zero-order chi connectivity index (χ0) is 18.8. The molecule has 4 rings (SSSR count). The first kappa shape index (κ1) is 17.5. The van der Waals surface area contributed by atoms with Crippen LogP contribution in [0.5, 0.6) is 0 Å². The molecule has 1 saturated heterocycles. The van der Waals surface area contributed by atoms with Crippen LogP contribution in [0.25, 0.3) is 0 Å². The average Bonchev–Trinajstić information content (AvgIpc) is 2.73. The number of anilines is 1. The van der Waals surface area contributed by atoms with E-state index in [0.717, 1.165) is 38.0 Å². The van der Waals surface area contributed by atoms with Crippen molar-refractivity contribution < 1.29 is 9.59 Å². The highest BCUT2D eigenvalue weighted by molar-refractivity contribution is 6.27. The number of Topliss-reactive ketones (excluding diaryl/α,β-unsaturated/α-hetero) is 2. The lowest BCUT2D eigenvalue weighted by Gasteiger charge is -2.34. The van der Waals surface area contributed by atoms with Crippen LogP contribution in [-0.2, 0) is 6.42 Å². The average molecular weight is 360 g/mol. The summed E-state index contributed by atoms with van der Waals surface area (Å²) in [6.45, 7) is 3.74. The maximum absolute atomic E-state index is 13.3. The minimum Gasteiger partial charge on any atom is -0.367 e. The zero-order valence-corrected chi connectivity index (χ0v) is 15.6. The number of aryl methyl sites for hydroxylation is 1. The van der Waals surface area contributed by atoms with Crippen LogP contribution >= 0.6 is 0 Å². The van der Waals surface area contributed by atoms with Crippen molar-refractivity contribution in [2.75, 3.05) is 18.4 Å². The summed E-state index contributed by atoms with van der Waals surface area (Å²) in [5, 5.41) is 3.27. The topological polar surface area (TPSA) is 49.4 Å². The molecule has 4 nitrogen and oxygen atoms in total. The molecule has 4 heteroatoms. The molecule has 1 aliphatic carbocycles. The number of rotatable bonds is 4. The maximum Gasteiger partial charge on any atom is 0.212 e. The molecule has 0 aromatic heterocycles. The maximum atomic E-state index is 13.3. The molecule has 0 unspecified atom stereocenters. The molecular formula is C23H24N2O2. The summed E-state index contributed by atoms with van der Waals surface area (Å²) in [5.74, 6) is -0.162. The number of hydrogen-bond acceptors (Lipinski definition) is 4. The van der Waals surface area contributed by atoms with Gasteiger partial charge in [-0.15, -0.1) is 0 Å². The molecule has 1 N–H and O–H groups in total. The largest absolute Gasteiger partial charge is 0.367 e. The van der Waals surface area contributed by atoms with Gasteiger partial charge in [-0.1, -0.05) is 43.3 Å². The van der Waals surface area contributed by atoms with Crippen molar-refractivity contribution in [1.29, 1.82) is 0 Å². The Morgan fingerprint density at radius 3 is 2.11 bits per heavy atom. The van der Waals surface area contributed by atoms with Crippen LogP contribution in [0.1, 0.15) is 52.5 Å². The van der Waals surface area contributed by atoms with Gasteiger partial charge in [-0.3, -0.25) is 9.59 Å². The van der Waals surface area contributed by atoms with Crippen LogP contribution in [0.4, 0.5) is 5.69 Å². The van der Waals surface area contributed by atoms with Gasteiger partial charge in [0.2, 0.25) is 11.6 Å². The van der Waals surface area contributed by atoms with Gasteiger partial charge in [0, 0.05) is 29.9 Å². The van der Waals surface area contributed by atoms with E-state index in [1.807, 2.05) is 36.4 Å². The van der Waals surface area contributed by atoms with Crippen LogP contribution in [-0.4, -0.2) is 29.6 Å². The SMILES string of the molecule is CCc1ccc(NC2=C(N3CCCCC3)C(=O)c3ccccc3C2=O)cc1. The summed E-state index contributed by atoms with van der Waals surface area (Å²) in [7, 11) is 0. The van der Waals surface area contributed by atoms with Gasteiger partial charge < -0.3 is 10.2 Å². The molecule has 138 valence electrons. The lowest BCUT2D eigenvalue weighted by Crippen LogP contribution is -2.39. The molecule has 0 radical (unpaired) electrons. The van der Waals surface area contributed by atoms with E-state index in [1.54, 1.807) is 12.1 Å². The molecule has 27 heavy (non-hydrogen) atoms. The fraction of sp³-hybridized carbons (Fsp3) is 0.304. The number of allylic oxidation sites excluding steroid dienone is 2. The Morgan fingerprint density at radius 1 is 0.852 bits per heavy atom. The molecule has 0 amide bonds. The van der Waals surface area contributed by atoms with Gasteiger partial charge in [-0.25, -0.2) is 0 Å². The van der Waals surface area contributed by atoms with E-state index >= 15 is 0 Å². The highest BCUT2D eigenvalue weighted by Crippen LogP contribution is 2.31. The van der Waals surface area contributed by atoms with Gasteiger partial charge in [0.05, 0.1) is 0 Å². The van der Waals surface area contributed by atoms with E-state index < -0.39 is 0 Å². The molecule has 0 spiro atoms. The van der Waals surface area contributed by atoms with E-state index in [-0.39, 0.29) is 11.6 Å². The van der Waals surface area contributed by atoms with Crippen molar-refractivity contribution in [3.8, 4) is 0 Å². The minimum absolute atomic E-state index is 0.0558. The predicted molar refractivity (Wildman–Crippen MR) is 107 cm³/mol. The van der Waals surface area contributed by atoms with E-state index in [9.17, 15) is 9.59 Å². The second kappa shape index (κ2) is 7.39. The third-order valence-corrected chi connectivity index (χ3v) is 5.40. The molecule has 1 fully saturated rings. The van der Waals surface area contributed by atoms with Crippen molar-refractivity contribution in [2.45, 2.75) is 32.6 Å². The summed E-state index contributed by atoms with van der Waals surface area (Å²) < 4.78 is 0. The van der Waals surface area contributed by atoms with Crippen LogP contribution in [0, 0.1) is 0 Å². The number of piperidine rings is 1. The van der Waals surface area contributed by atoms with E-state index in [4.69, 9.17) is 0 Å². The number of nitrogens with one attached hydrogen (secondary N) is 1. The molecule has 1 heterocycles. The van der Waals surface area contributed by atoms with Gasteiger partial charge >= 0.3 is 0 Å². The summed E-state index contributed by atoms with van der Waals surface area (Å²) >= 11 is 0. The lowest BCUT2D eigenvalue weighted by atomic mass is 9.89. The molecule has 1 aliphatic heterocycles. The first-order valence-electron chi connectivity index (χ1n) is 9.72. The number of hydrogen-bond donors (Lipinski definition) is 1. The van der Waals surface area contributed by atoms with E-state index in [1.165, 1.54) is 12.0 Å². The molecule has 2 aromatic carbocycles.